The lowest BCUT2D eigenvalue weighted by molar-refractivity contribution is -0.147. The van der Waals surface area contributed by atoms with Crippen molar-refractivity contribution >= 4 is 29.4 Å². The predicted octanol–water partition coefficient (Wildman–Crippen LogP) is 2.23. The fourth-order valence-electron chi connectivity index (χ4n) is 2.84. The normalized spacial score (nSPS) is 21.4. The van der Waals surface area contributed by atoms with Gasteiger partial charge < -0.3 is 15.3 Å². The van der Waals surface area contributed by atoms with Crippen molar-refractivity contribution in [2.75, 3.05) is 13.1 Å². The number of amides is 2. The van der Waals surface area contributed by atoms with Crippen LogP contribution in [-0.4, -0.2) is 40.9 Å². The smallest absolute Gasteiger partial charge is 0.311 e. The molecule has 1 aromatic carbocycles. The molecule has 1 aliphatic rings. The highest BCUT2D eigenvalue weighted by Gasteiger charge is 2.42. The van der Waals surface area contributed by atoms with Crippen LogP contribution in [-0.2, 0) is 14.4 Å². The van der Waals surface area contributed by atoms with Crippen LogP contribution in [0.25, 0.3) is 0 Å². The van der Waals surface area contributed by atoms with E-state index in [1.165, 1.54) is 6.92 Å². The van der Waals surface area contributed by atoms with Crippen LogP contribution in [0.2, 0.25) is 5.02 Å². The Kier molecular flexibility index (Phi) is 5.49. The maximum absolute atomic E-state index is 12.5. The Labute approximate surface area is 145 Å². The van der Waals surface area contributed by atoms with Gasteiger partial charge in [-0.1, -0.05) is 23.7 Å². The largest absolute Gasteiger partial charge is 0.481 e. The zero-order valence-corrected chi connectivity index (χ0v) is 14.5. The molecule has 24 heavy (non-hydrogen) atoms. The molecule has 7 heteroatoms. The topological polar surface area (TPSA) is 86.7 Å². The zero-order valence-electron chi connectivity index (χ0n) is 13.7. The predicted molar refractivity (Wildman–Crippen MR) is 89.6 cm³/mol. The number of hydrogen-bond acceptors (Lipinski definition) is 3. The zero-order chi connectivity index (χ0) is 17.9. The maximum atomic E-state index is 12.5. The number of hydrogen-bond donors (Lipinski definition) is 2. The first-order valence-corrected chi connectivity index (χ1v) is 8.13. The van der Waals surface area contributed by atoms with Crippen LogP contribution in [0, 0.1) is 5.41 Å². The molecule has 1 fully saturated rings. The van der Waals surface area contributed by atoms with Crippen molar-refractivity contribution < 1.29 is 19.5 Å². The molecular formula is C17H21ClN2O4. The van der Waals surface area contributed by atoms with E-state index in [0.717, 1.165) is 5.56 Å². The number of rotatable bonds is 5. The second-order valence-electron chi connectivity index (χ2n) is 6.44. The summed E-state index contributed by atoms with van der Waals surface area (Å²) in [5.74, 6) is -1.30. The molecule has 0 saturated carbocycles. The number of nitrogens with one attached hydrogen (secondary N) is 1. The van der Waals surface area contributed by atoms with E-state index in [2.05, 4.69) is 5.32 Å². The van der Waals surface area contributed by atoms with Crippen LogP contribution in [0.4, 0.5) is 0 Å². The summed E-state index contributed by atoms with van der Waals surface area (Å²) in [4.78, 5) is 36.9. The summed E-state index contributed by atoms with van der Waals surface area (Å²) in [7, 11) is 0. The highest BCUT2D eigenvalue weighted by molar-refractivity contribution is 6.30. The number of carboxylic acid groups (broad SMARTS) is 1. The van der Waals surface area contributed by atoms with Gasteiger partial charge in [-0.3, -0.25) is 14.4 Å². The highest BCUT2D eigenvalue weighted by Crippen LogP contribution is 2.31. The van der Waals surface area contributed by atoms with Gasteiger partial charge in [0.15, 0.2) is 0 Å². The van der Waals surface area contributed by atoms with Crippen molar-refractivity contribution in [3.05, 3.63) is 34.9 Å². The Hall–Kier alpha value is -2.08. The molecule has 2 rings (SSSR count). The number of carboxylic acids is 1. The summed E-state index contributed by atoms with van der Waals surface area (Å²) in [5.41, 5.74) is -0.123. The Bertz CT molecular complexity index is 646. The summed E-state index contributed by atoms with van der Waals surface area (Å²) in [6.45, 7) is 3.64. The van der Waals surface area contributed by atoms with E-state index in [9.17, 15) is 19.5 Å². The number of nitrogens with zero attached hydrogens (tertiary/aromatic N) is 1. The van der Waals surface area contributed by atoms with Gasteiger partial charge >= 0.3 is 5.97 Å². The van der Waals surface area contributed by atoms with E-state index in [-0.39, 0.29) is 24.8 Å². The number of halogens is 1. The third-order valence-corrected chi connectivity index (χ3v) is 4.62. The quantitative estimate of drug-likeness (QED) is 0.850. The fourth-order valence-corrected chi connectivity index (χ4v) is 2.97. The van der Waals surface area contributed by atoms with E-state index in [4.69, 9.17) is 11.6 Å². The minimum absolute atomic E-state index is 0.0803. The first-order chi connectivity index (χ1) is 11.2. The van der Waals surface area contributed by atoms with E-state index >= 15 is 0 Å². The summed E-state index contributed by atoms with van der Waals surface area (Å²) in [6.07, 6.45) is 0.511. The van der Waals surface area contributed by atoms with Gasteiger partial charge in [0.2, 0.25) is 11.8 Å². The maximum Gasteiger partial charge on any atom is 0.311 e. The molecule has 0 spiro atoms. The third-order valence-electron chi connectivity index (χ3n) is 4.37. The van der Waals surface area contributed by atoms with Gasteiger partial charge in [-0.05, 0) is 31.0 Å². The van der Waals surface area contributed by atoms with Crippen LogP contribution >= 0.6 is 11.6 Å². The second-order valence-corrected chi connectivity index (χ2v) is 6.88. The molecule has 1 aromatic rings. The molecule has 0 bridgehead atoms. The first-order valence-electron chi connectivity index (χ1n) is 7.75. The Morgan fingerprint density at radius 3 is 2.46 bits per heavy atom. The van der Waals surface area contributed by atoms with Crippen LogP contribution in [0.1, 0.15) is 38.3 Å². The minimum Gasteiger partial charge on any atom is -0.481 e. The van der Waals surface area contributed by atoms with Gasteiger partial charge in [0.25, 0.3) is 0 Å². The van der Waals surface area contributed by atoms with Crippen molar-refractivity contribution in [1.29, 1.82) is 0 Å². The SMILES string of the molecule is CC(=O)N[C@H](CC(=O)N1CC[C@@](C)(C(=O)O)C1)c1ccc(Cl)cc1. The number of carbonyl (C=O) groups excluding carboxylic acids is 2. The summed E-state index contributed by atoms with van der Waals surface area (Å²) < 4.78 is 0. The summed E-state index contributed by atoms with van der Waals surface area (Å²) in [6, 6.07) is 6.47. The lowest BCUT2D eigenvalue weighted by Crippen LogP contribution is -2.37. The second kappa shape index (κ2) is 7.21. The number of carbonyl (C=O) groups is 3. The van der Waals surface area contributed by atoms with Crippen LogP contribution < -0.4 is 5.32 Å². The lowest BCUT2D eigenvalue weighted by Gasteiger charge is -2.23. The monoisotopic (exact) mass is 352 g/mol. The standard InChI is InChI=1S/C17H21ClN2O4/c1-11(21)19-14(12-3-5-13(18)6-4-12)9-15(22)20-8-7-17(2,10-20)16(23)24/h3-6,14H,7-10H2,1-2H3,(H,19,21)(H,23,24)/t14-,17-/m1/s1. The molecule has 0 radical (unpaired) electrons. The van der Waals surface area contributed by atoms with Crippen LogP contribution in [0.5, 0.6) is 0 Å². The lowest BCUT2D eigenvalue weighted by atomic mass is 9.90. The molecule has 2 amide bonds. The third kappa shape index (κ3) is 4.26. The van der Waals surface area contributed by atoms with E-state index in [1.54, 1.807) is 36.1 Å². The Morgan fingerprint density at radius 2 is 1.96 bits per heavy atom. The van der Waals surface area contributed by atoms with Gasteiger partial charge in [-0.15, -0.1) is 0 Å². The summed E-state index contributed by atoms with van der Waals surface area (Å²) in [5, 5.41) is 12.6. The minimum atomic E-state index is -0.903. The molecule has 0 aromatic heterocycles. The van der Waals surface area contributed by atoms with Gasteiger partial charge in [-0.2, -0.15) is 0 Å². The molecule has 130 valence electrons. The van der Waals surface area contributed by atoms with E-state index in [0.29, 0.717) is 18.0 Å². The molecule has 1 heterocycles. The van der Waals surface area contributed by atoms with Crippen molar-refractivity contribution in [3.63, 3.8) is 0 Å². The molecular weight excluding hydrogens is 332 g/mol. The number of benzene rings is 1. The molecule has 1 saturated heterocycles. The van der Waals surface area contributed by atoms with Crippen molar-refractivity contribution in [2.45, 2.75) is 32.7 Å². The average Bonchev–Trinajstić information content (AvgIpc) is 2.91. The van der Waals surface area contributed by atoms with Gasteiger partial charge in [0.1, 0.15) is 0 Å². The molecule has 2 atom stereocenters. The van der Waals surface area contributed by atoms with E-state index in [1.807, 2.05) is 0 Å². The molecule has 2 N–H and O–H groups in total. The van der Waals surface area contributed by atoms with Crippen molar-refractivity contribution in [2.24, 2.45) is 5.41 Å². The fraction of sp³-hybridized carbons (Fsp3) is 0.471. The average molecular weight is 353 g/mol. The van der Waals surface area contributed by atoms with Crippen LogP contribution in [0.3, 0.4) is 0 Å². The molecule has 1 aliphatic heterocycles. The highest BCUT2D eigenvalue weighted by atomic mass is 35.5. The number of likely N-dealkylation sites (tertiary alicyclic amines) is 1. The molecule has 0 aliphatic carbocycles. The van der Waals surface area contributed by atoms with Gasteiger partial charge in [0.05, 0.1) is 17.9 Å². The van der Waals surface area contributed by atoms with Gasteiger partial charge in [0, 0.05) is 25.0 Å². The summed E-state index contributed by atoms with van der Waals surface area (Å²) >= 11 is 5.87. The first kappa shape index (κ1) is 18.3. The molecule has 0 unspecified atom stereocenters. The van der Waals surface area contributed by atoms with Crippen molar-refractivity contribution in [1.82, 2.24) is 10.2 Å². The number of aliphatic carboxylic acids is 1. The van der Waals surface area contributed by atoms with E-state index < -0.39 is 17.4 Å². The molecule has 6 nitrogen and oxygen atoms in total. The van der Waals surface area contributed by atoms with Crippen LogP contribution in [0.15, 0.2) is 24.3 Å². The van der Waals surface area contributed by atoms with Gasteiger partial charge in [-0.25, -0.2) is 0 Å². The Balaban J connectivity index is 2.09. The Morgan fingerprint density at radius 1 is 1.33 bits per heavy atom. The van der Waals surface area contributed by atoms with Crippen molar-refractivity contribution in [3.8, 4) is 0 Å².